The SMILES string of the molecule is Cc1ccc2cc(C(=O)O)c3c(c2c1)OC(C)(C)C=C3. The Labute approximate surface area is 117 Å². The van der Waals surface area contributed by atoms with Crippen LogP contribution in [0, 0.1) is 6.92 Å². The molecule has 3 heteroatoms. The van der Waals surface area contributed by atoms with Crippen molar-refractivity contribution in [1.29, 1.82) is 0 Å². The van der Waals surface area contributed by atoms with Crippen molar-refractivity contribution in [2.24, 2.45) is 0 Å². The van der Waals surface area contributed by atoms with Gasteiger partial charge < -0.3 is 9.84 Å². The number of rotatable bonds is 1. The molecular formula is C17H16O3. The summed E-state index contributed by atoms with van der Waals surface area (Å²) in [7, 11) is 0. The molecule has 0 bridgehead atoms. The molecule has 0 aliphatic carbocycles. The first-order valence-corrected chi connectivity index (χ1v) is 6.56. The summed E-state index contributed by atoms with van der Waals surface area (Å²) in [5.74, 6) is -0.271. The average molecular weight is 268 g/mol. The second-order valence-corrected chi connectivity index (χ2v) is 5.74. The zero-order valence-electron chi connectivity index (χ0n) is 11.7. The largest absolute Gasteiger partial charge is 0.482 e. The van der Waals surface area contributed by atoms with Crippen LogP contribution in [0.15, 0.2) is 30.3 Å². The minimum atomic E-state index is -0.934. The molecule has 102 valence electrons. The van der Waals surface area contributed by atoms with Gasteiger partial charge in [-0.2, -0.15) is 0 Å². The van der Waals surface area contributed by atoms with Gasteiger partial charge in [0, 0.05) is 10.9 Å². The van der Waals surface area contributed by atoms with Crippen LogP contribution in [-0.4, -0.2) is 16.7 Å². The summed E-state index contributed by atoms with van der Waals surface area (Å²) in [5.41, 5.74) is 1.62. The number of hydrogen-bond acceptors (Lipinski definition) is 2. The van der Waals surface area contributed by atoms with Crippen molar-refractivity contribution in [3.8, 4) is 5.75 Å². The van der Waals surface area contributed by atoms with Gasteiger partial charge in [0.1, 0.15) is 11.4 Å². The third-order valence-electron chi connectivity index (χ3n) is 3.53. The summed E-state index contributed by atoms with van der Waals surface area (Å²) in [6, 6.07) is 7.66. The number of fused-ring (bicyclic) bond motifs is 3. The molecule has 0 fully saturated rings. The average Bonchev–Trinajstić information content (AvgIpc) is 2.37. The molecule has 1 aliphatic rings. The molecule has 0 radical (unpaired) electrons. The van der Waals surface area contributed by atoms with Gasteiger partial charge in [0.25, 0.3) is 0 Å². The smallest absolute Gasteiger partial charge is 0.336 e. The number of ether oxygens (including phenoxy) is 1. The van der Waals surface area contributed by atoms with Crippen molar-refractivity contribution in [1.82, 2.24) is 0 Å². The fraction of sp³-hybridized carbons (Fsp3) is 0.235. The molecule has 0 aromatic heterocycles. The van der Waals surface area contributed by atoms with Crippen molar-refractivity contribution >= 4 is 22.8 Å². The van der Waals surface area contributed by atoms with Crippen molar-refractivity contribution in [2.75, 3.05) is 0 Å². The summed E-state index contributed by atoms with van der Waals surface area (Å²) in [6.45, 7) is 5.93. The van der Waals surface area contributed by atoms with E-state index >= 15 is 0 Å². The van der Waals surface area contributed by atoms with E-state index in [2.05, 4.69) is 0 Å². The van der Waals surface area contributed by atoms with E-state index in [1.165, 1.54) is 0 Å². The number of carboxylic acid groups (broad SMARTS) is 1. The molecular weight excluding hydrogens is 252 g/mol. The van der Waals surface area contributed by atoms with E-state index in [-0.39, 0.29) is 5.56 Å². The predicted octanol–water partition coefficient (Wildman–Crippen LogP) is 4.03. The molecule has 0 atom stereocenters. The minimum Gasteiger partial charge on any atom is -0.482 e. The molecule has 1 heterocycles. The zero-order chi connectivity index (χ0) is 14.5. The Hall–Kier alpha value is -2.29. The summed E-state index contributed by atoms with van der Waals surface area (Å²) in [4.78, 5) is 11.5. The molecule has 0 saturated carbocycles. The predicted molar refractivity (Wildman–Crippen MR) is 79.4 cm³/mol. The fourth-order valence-corrected chi connectivity index (χ4v) is 2.53. The Balaban J connectivity index is 2.41. The monoisotopic (exact) mass is 268 g/mol. The van der Waals surface area contributed by atoms with Crippen LogP contribution in [0.5, 0.6) is 5.75 Å². The molecule has 3 rings (SSSR count). The van der Waals surface area contributed by atoms with E-state index < -0.39 is 11.6 Å². The molecule has 20 heavy (non-hydrogen) atoms. The van der Waals surface area contributed by atoms with Gasteiger partial charge in [0.2, 0.25) is 0 Å². The lowest BCUT2D eigenvalue weighted by molar-refractivity contribution is 0.0695. The van der Waals surface area contributed by atoms with Crippen LogP contribution >= 0.6 is 0 Å². The lowest BCUT2D eigenvalue weighted by Crippen LogP contribution is -2.28. The van der Waals surface area contributed by atoms with Crippen LogP contribution in [0.4, 0.5) is 0 Å². The van der Waals surface area contributed by atoms with Gasteiger partial charge in [-0.25, -0.2) is 4.79 Å². The Morgan fingerprint density at radius 2 is 2.00 bits per heavy atom. The van der Waals surface area contributed by atoms with Crippen LogP contribution in [0.2, 0.25) is 0 Å². The second-order valence-electron chi connectivity index (χ2n) is 5.74. The molecule has 0 spiro atoms. The maximum absolute atomic E-state index is 11.5. The highest BCUT2D eigenvalue weighted by molar-refractivity contribution is 6.03. The topological polar surface area (TPSA) is 46.5 Å². The second kappa shape index (κ2) is 4.10. The lowest BCUT2D eigenvalue weighted by atomic mass is 9.93. The number of hydrogen-bond donors (Lipinski definition) is 1. The van der Waals surface area contributed by atoms with Gasteiger partial charge in [-0.05, 0) is 44.4 Å². The van der Waals surface area contributed by atoms with Crippen LogP contribution in [0.3, 0.4) is 0 Å². The van der Waals surface area contributed by atoms with Crippen molar-refractivity contribution < 1.29 is 14.6 Å². The highest BCUT2D eigenvalue weighted by Gasteiger charge is 2.27. The first-order chi connectivity index (χ1) is 9.37. The van der Waals surface area contributed by atoms with E-state index in [1.807, 2.05) is 51.1 Å². The van der Waals surface area contributed by atoms with Gasteiger partial charge >= 0.3 is 5.97 Å². The quantitative estimate of drug-likeness (QED) is 0.849. The number of carboxylic acids is 1. The van der Waals surface area contributed by atoms with E-state index in [4.69, 9.17) is 4.74 Å². The fourth-order valence-electron chi connectivity index (χ4n) is 2.53. The van der Waals surface area contributed by atoms with E-state index in [0.717, 1.165) is 16.3 Å². The molecule has 1 N–H and O–H groups in total. The number of benzene rings is 2. The number of aromatic carboxylic acids is 1. The molecule has 1 aliphatic heterocycles. The Kier molecular flexibility index (Phi) is 2.61. The highest BCUT2D eigenvalue weighted by Crippen LogP contribution is 2.39. The summed E-state index contributed by atoms with van der Waals surface area (Å²) in [6.07, 6.45) is 3.74. The molecule has 2 aromatic rings. The van der Waals surface area contributed by atoms with Gasteiger partial charge in [-0.3, -0.25) is 0 Å². The Morgan fingerprint density at radius 3 is 2.70 bits per heavy atom. The van der Waals surface area contributed by atoms with Gasteiger partial charge in [-0.1, -0.05) is 23.8 Å². The van der Waals surface area contributed by atoms with Crippen molar-refractivity contribution in [2.45, 2.75) is 26.4 Å². The molecule has 0 saturated heterocycles. The standard InChI is InChI=1S/C17H16O3/c1-10-4-5-11-9-14(16(18)19)12-6-7-17(2,3)20-15(12)13(11)8-10/h4-9H,1-3H3,(H,18,19). The van der Waals surface area contributed by atoms with Gasteiger partial charge in [-0.15, -0.1) is 0 Å². The van der Waals surface area contributed by atoms with Crippen LogP contribution in [-0.2, 0) is 0 Å². The number of carbonyl (C=O) groups is 1. The van der Waals surface area contributed by atoms with Crippen LogP contribution in [0.25, 0.3) is 16.8 Å². The number of aryl methyl sites for hydroxylation is 1. The first-order valence-electron chi connectivity index (χ1n) is 6.56. The van der Waals surface area contributed by atoms with E-state index in [1.54, 1.807) is 6.07 Å². The maximum Gasteiger partial charge on any atom is 0.336 e. The third-order valence-corrected chi connectivity index (χ3v) is 3.53. The summed E-state index contributed by atoms with van der Waals surface area (Å²) < 4.78 is 6.03. The van der Waals surface area contributed by atoms with Gasteiger partial charge in [0.05, 0.1) is 5.56 Å². The van der Waals surface area contributed by atoms with E-state index in [9.17, 15) is 9.90 Å². The Morgan fingerprint density at radius 1 is 1.25 bits per heavy atom. The normalized spacial score (nSPS) is 15.8. The zero-order valence-corrected chi connectivity index (χ0v) is 11.7. The maximum atomic E-state index is 11.5. The highest BCUT2D eigenvalue weighted by atomic mass is 16.5. The molecule has 0 amide bonds. The lowest BCUT2D eigenvalue weighted by Gasteiger charge is -2.29. The van der Waals surface area contributed by atoms with Crippen molar-refractivity contribution in [3.63, 3.8) is 0 Å². The van der Waals surface area contributed by atoms with E-state index in [0.29, 0.717) is 11.3 Å². The minimum absolute atomic E-state index is 0.281. The van der Waals surface area contributed by atoms with Crippen LogP contribution in [0.1, 0.15) is 35.3 Å². The summed E-state index contributed by atoms with van der Waals surface area (Å²) in [5, 5.41) is 11.2. The first kappa shape index (κ1) is 12.7. The third kappa shape index (κ3) is 1.95. The summed E-state index contributed by atoms with van der Waals surface area (Å²) >= 11 is 0. The molecule has 0 unspecified atom stereocenters. The van der Waals surface area contributed by atoms with Gasteiger partial charge in [0.15, 0.2) is 0 Å². The Bertz CT molecular complexity index is 754. The van der Waals surface area contributed by atoms with Crippen LogP contribution < -0.4 is 4.74 Å². The molecule has 3 nitrogen and oxygen atoms in total. The van der Waals surface area contributed by atoms with Crippen molar-refractivity contribution in [3.05, 3.63) is 47.0 Å². The molecule has 2 aromatic carbocycles.